The highest BCUT2D eigenvalue weighted by molar-refractivity contribution is 6.32. The molecule has 5 nitrogen and oxygen atoms in total. The van der Waals surface area contributed by atoms with Crippen LogP contribution in [0.15, 0.2) is 35.4 Å². The van der Waals surface area contributed by atoms with E-state index in [2.05, 4.69) is 10.5 Å². The van der Waals surface area contributed by atoms with Crippen molar-refractivity contribution in [2.75, 3.05) is 6.61 Å². The van der Waals surface area contributed by atoms with E-state index in [-0.39, 0.29) is 12.4 Å². The van der Waals surface area contributed by atoms with E-state index in [0.29, 0.717) is 21.4 Å². The lowest BCUT2D eigenvalue weighted by Gasteiger charge is -2.09. The fourth-order valence-corrected chi connectivity index (χ4v) is 2.26. The monoisotopic (exact) mass is 366 g/mol. The summed E-state index contributed by atoms with van der Waals surface area (Å²) in [4.78, 5) is 11.7. The van der Waals surface area contributed by atoms with E-state index in [0.717, 1.165) is 11.1 Å². The van der Waals surface area contributed by atoms with Crippen LogP contribution in [-0.4, -0.2) is 23.8 Å². The number of hydrazone groups is 1. The SMILES string of the molecule is Cc1cc(OCC(=O)N/N=C/c2cc(Cl)ccc2O)cc(C)c1Cl. The molecule has 0 atom stereocenters. The highest BCUT2D eigenvalue weighted by Gasteiger charge is 2.06. The Kier molecular flexibility index (Phi) is 6.06. The third-order valence-corrected chi connectivity index (χ3v) is 3.99. The van der Waals surface area contributed by atoms with Crippen molar-refractivity contribution in [3.05, 3.63) is 57.1 Å². The molecule has 2 aromatic carbocycles. The highest BCUT2D eigenvalue weighted by atomic mass is 35.5. The summed E-state index contributed by atoms with van der Waals surface area (Å²) in [6.07, 6.45) is 1.30. The van der Waals surface area contributed by atoms with Gasteiger partial charge in [0.25, 0.3) is 5.91 Å². The molecule has 126 valence electrons. The molecule has 2 aromatic rings. The zero-order chi connectivity index (χ0) is 17.7. The summed E-state index contributed by atoms with van der Waals surface area (Å²) in [5.74, 6) is 0.139. The van der Waals surface area contributed by atoms with Gasteiger partial charge in [0.15, 0.2) is 6.61 Å². The molecule has 1 amide bonds. The number of nitrogens with zero attached hydrogens (tertiary/aromatic N) is 1. The van der Waals surface area contributed by atoms with Gasteiger partial charge in [-0.15, -0.1) is 0 Å². The van der Waals surface area contributed by atoms with Crippen LogP contribution in [0.4, 0.5) is 0 Å². The maximum Gasteiger partial charge on any atom is 0.277 e. The number of ether oxygens (including phenoxy) is 1. The molecule has 0 spiro atoms. The number of aromatic hydroxyl groups is 1. The fourth-order valence-electron chi connectivity index (χ4n) is 1.97. The number of aryl methyl sites for hydroxylation is 2. The summed E-state index contributed by atoms with van der Waals surface area (Å²) in [6, 6.07) is 8.05. The van der Waals surface area contributed by atoms with Gasteiger partial charge in [0.2, 0.25) is 0 Å². The van der Waals surface area contributed by atoms with Crippen molar-refractivity contribution in [1.29, 1.82) is 0 Å². The zero-order valence-electron chi connectivity index (χ0n) is 13.1. The Labute approximate surface area is 149 Å². The van der Waals surface area contributed by atoms with Crippen molar-refractivity contribution in [2.24, 2.45) is 5.10 Å². The van der Waals surface area contributed by atoms with Gasteiger partial charge >= 0.3 is 0 Å². The van der Waals surface area contributed by atoms with Crippen LogP contribution in [0.1, 0.15) is 16.7 Å². The van der Waals surface area contributed by atoms with Crippen LogP contribution in [0.2, 0.25) is 10.0 Å². The number of halogens is 2. The summed E-state index contributed by atoms with van der Waals surface area (Å²) in [5.41, 5.74) is 4.46. The van der Waals surface area contributed by atoms with Crippen LogP contribution in [0.25, 0.3) is 0 Å². The largest absolute Gasteiger partial charge is 0.507 e. The minimum absolute atomic E-state index is 0.0146. The third kappa shape index (κ3) is 4.88. The van der Waals surface area contributed by atoms with Gasteiger partial charge < -0.3 is 9.84 Å². The second-order valence-electron chi connectivity index (χ2n) is 5.16. The molecule has 0 heterocycles. The summed E-state index contributed by atoms with van der Waals surface area (Å²) in [5, 5.41) is 14.5. The van der Waals surface area contributed by atoms with Crippen LogP contribution in [-0.2, 0) is 4.79 Å². The Morgan fingerprint density at radius 2 is 1.92 bits per heavy atom. The number of hydrogen-bond donors (Lipinski definition) is 2. The number of amides is 1. The number of phenols is 1. The molecule has 2 rings (SSSR count). The normalized spacial score (nSPS) is 10.8. The van der Waals surface area contributed by atoms with Crippen LogP contribution < -0.4 is 10.2 Å². The first kappa shape index (κ1) is 18.1. The van der Waals surface area contributed by atoms with Crippen molar-refractivity contribution in [3.8, 4) is 11.5 Å². The van der Waals surface area contributed by atoms with Gasteiger partial charge in [-0.25, -0.2) is 5.43 Å². The van der Waals surface area contributed by atoms with Crippen molar-refractivity contribution >= 4 is 35.3 Å². The van der Waals surface area contributed by atoms with E-state index < -0.39 is 5.91 Å². The highest BCUT2D eigenvalue weighted by Crippen LogP contribution is 2.25. The lowest BCUT2D eigenvalue weighted by Crippen LogP contribution is -2.24. The second-order valence-corrected chi connectivity index (χ2v) is 5.97. The van der Waals surface area contributed by atoms with E-state index in [9.17, 15) is 9.90 Å². The molecule has 0 saturated carbocycles. The number of hydrogen-bond acceptors (Lipinski definition) is 4. The number of carbonyl (C=O) groups is 1. The molecule has 24 heavy (non-hydrogen) atoms. The van der Waals surface area contributed by atoms with E-state index in [1.165, 1.54) is 18.3 Å². The van der Waals surface area contributed by atoms with Crippen molar-refractivity contribution < 1.29 is 14.6 Å². The number of nitrogens with one attached hydrogen (secondary N) is 1. The molecule has 0 unspecified atom stereocenters. The molecule has 0 aromatic heterocycles. The number of carbonyl (C=O) groups excluding carboxylic acids is 1. The van der Waals surface area contributed by atoms with Crippen LogP contribution >= 0.6 is 23.2 Å². The molecular weight excluding hydrogens is 351 g/mol. The Morgan fingerprint density at radius 1 is 1.25 bits per heavy atom. The first-order valence-electron chi connectivity index (χ1n) is 7.07. The van der Waals surface area contributed by atoms with Gasteiger partial charge in [-0.1, -0.05) is 23.2 Å². The van der Waals surface area contributed by atoms with Crippen LogP contribution in [0, 0.1) is 13.8 Å². The molecule has 0 aliphatic rings. The molecule has 2 N–H and O–H groups in total. The Morgan fingerprint density at radius 3 is 2.58 bits per heavy atom. The molecule has 0 aliphatic carbocycles. The van der Waals surface area contributed by atoms with Gasteiger partial charge in [-0.3, -0.25) is 4.79 Å². The Bertz CT molecular complexity index is 768. The minimum atomic E-state index is -0.432. The van der Waals surface area contributed by atoms with Crippen molar-refractivity contribution in [3.63, 3.8) is 0 Å². The van der Waals surface area contributed by atoms with Crippen molar-refractivity contribution in [1.82, 2.24) is 5.43 Å². The lowest BCUT2D eigenvalue weighted by atomic mass is 10.1. The minimum Gasteiger partial charge on any atom is -0.507 e. The van der Waals surface area contributed by atoms with Crippen LogP contribution in [0.3, 0.4) is 0 Å². The molecular formula is C17H16Cl2N2O3. The zero-order valence-corrected chi connectivity index (χ0v) is 14.6. The van der Waals surface area contributed by atoms with Gasteiger partial charge in [0.1, 0.15) is 11.5 Å². The smallest absolute Gasteiger partial charge is 0.277 e. The average molecular weight is 367 g/mol. The molecule has 0 radical (unpaired) electrons. The second kappa shape index (κ2) is 8.04. The van der Waals surface area contributed by atoms with Gasteiger partial charge in [-0.2, -0.15) is 5.10 Å². The quantitative estimate of drug-likeness (QED) is 0.623. The summed E-state index contributed by atoms with van der Waals surface area (Å²) < 4.78 is 5.41. The maximum atomic E-state index is 11.7. The summed E-state index contributed by atoms with van der Waals surface area (Å²) in [6.45, 7) is 3.54. The molecule has 0 fully saturated rings. The maximum absolute atomic E-state index is 11.7. The van der Waals surface area contributed by atoms with Gasteiger partial charge in [0, 0.05) is 15.6 Å². The lowest BCUT2D eigenvalue weighted by molar-refractivity contribution is -0.123. The van der Waals surface area contributed by atoms with Crippen molar-refractivity contribution in [2.45, 2.75) is 13.8 Å². The Hall–Kier alpha value is -2.24. The number of benzene rings is 2. The summed E-state index contributed by atoms with van der Waals surface area (Å²) in [7, 11) is 0. The van der Waals surface area contributed by atoms with E-state index in [1.807, 2.05) is 13.8 Å². The topological polar surface area (TPSA) is 70.9 Å². The Balaban J connectivity index is 1.90. The molecule has 0 aliphatic heterocycles. The van der Waals surface area contributed by atoms with E-state index in [1.54, 1.807) is 18.2 Å². The third-order valence-electron chi connectivity index (χ3n) is 3.16. The number of rotatable bonds is 5. The average Bonchev–Trinajstić information content (AvgIpc) is 2.53. The fraction of sp³-hybridized carbons (Fsp3) is 0.176. The molecule has 7 heteroatoms. The standard InChI is InChI=1S/C17H16Cl2N2O3/c1-10-5-14(6-11(2)17(10)19)24-9-16(23)21-20-8-12-7-13(18)3-4-15(12)22/h3-8,22H,9H2,1-2H3,(H,21,23)/b20-8+. The predicted molar refractivity (Wildman–Crippen MR) is 95.3 cm³/mol. The predicted octanol–water partition coefficient (Wildman–Crippen LogP) is 3.84. The van der Waals surface area contributed by atoms with E-state index in [4.69, 9.17) is 27.9 Å². The molecule has 0 bridgehead atoms. The van der Waals surface area contributed by atoms with Gasteiger partial charge in [-0.05, 0) is 55.3 Å². The van der Waals surface area contributed by atoms with Gasteiger partial charge in [0.05, 0.1) is 6.21 Å². The number of phenolic OH excluding ortho intramolecular Hbond substituents is 1. The molecule has 0 saturated heterocycles. The first-order valence-corrected chi connectivity index (χ1v) is 7.82. The van der Waals surface area contributed by atoms with Crippen LogP contribution in [0.5, 0.6) is 11.5 Å². The van der Waals surface area contributed by atoms with E-state index >= 15 is 0 Å². The summed E-state index contributed by atoms with van der Waals surface area (Å²) >= 11 is 11.9. The first-order chi connectivity index (χ1) is 11.4.